The molecule has 8 heteroatoms. The fraction of sp³-hybridized carbons (Fsp3) is 0.462. The van der Waals surface area contributed by atoms with Crippen molar-refractivity contribution in [2.45, 2.75) is 13.1 Å². The molecule has 0 saturated carbocycles. The van der Waals surface area contributed by atoms with Crippen LogP contribution < -0.4 is 5.32 Å². The first kappa shape index (κ1) is 15.6. The van der Waals surface area contributed by atoms with E-state index in [9.17, 15) is 0 Å². The summed E-state index contributed by atoms with van der Waals surface area (Å²) >= 11 is 3.49. The van der Waals surface area contributed by atoms with Gasteiger partial charge in [-0.15, -0.1) is 0 Å². The smallest absolute Gasteiger partial charge is 0.194 e. The van der Waals surface area contributed by atoms with Gasteiger partial charge in [0, 0.05) is 44.6 Å². The maximum Gasteiger partial charge on any atom is 0.194 e. The summed E-state index contributed by atoms with van der Waals surface area (Å²) in [6.07, 6.45) is 3.59. The number of aromatic nitrogens is 4. The summed E-state index contributed by atoms with van der Waals surface area (Å²) in [4.78, 5) is 10.6. The van der Waals surface area contributed by atoms with Gasteiger partial charge >= 0.3 is 0 Å². The summed E-state index contributed by atoms with van der Waals surface area (Å²) in [6, 6.07) is 2.10. The molecule has 0 aromatic carbocycles. The number of aliphatic imine (C=N–C) groups is 1. The molecule has 0 aliphatic carbocycles. The van der Waals surface area contributed by atoms with Gasteiger partial charge in [-0.2, -0.15) is 5.10 Å². The molecule has 21 heavy (non-hydrogen) atoms. The Labute approximate surface area is 132 Å². The Morgan fingerprint density at radius 3 is 2.76 bits per heavy atom. The topological polar surface area (TPSA) is 63.3 Å². The van der Waals surface area contributed by atoms with Crippen LogP contribution in [0.25, 0.3) is 0 Å². The lowest BCUT2D eigenvalue weighted by molar-refractivity contribution is 0.459. The number of aryl methyl sites for hydroxylation is 2. The van der Waals surface area contributed by atoms with Crippen molar-refractivity contribution in [3.8, 4) is 0 Å². The third-order valence-corrected chi connectivity index (χ3v) is 3.69. The largest absolute Gasteiger partial charge is 0.352 e. The van der Waals surface area contributed by atoms with E-state index in [0.717, 1.165) is 22.8 Å². The zero-order valence-electron chi connectivity index (χ0n) is 12.7. The minimum atomic E-state index is 0.588. The van der Waals surface area contributed by atoms with E-state index in [1.807, 2.05) is 27.3 Å². The van der Waals surface area contributed by atoms with E-state index >= 15 is 0 Å². The van der Waals surface area contributed by atoms with Crippen LogP contribution in [-0.2, 0) is 27.2 Å². The minimum Gasteiger partial charge on any atom is -0.352 e. The van der Waals surface area contributed by atoms with Gasteiger partial charge in [-0.05, 0) is 22.0 Å². The van der Waals surface area contributed by atoms with Crippen LogP contribution in [0.2, 0.25) is 0 Å². The summed E-state index contributed by atoms with van der Waals surface area (Å²) in [5.74, 6) is 1.68. The molecular formula is C13H20BrN7. The van der Waals surface area contributed by atoms with E-state index in [2.05, 4.69) is 51.9 Å². The van der Waals surface area contributed by atoms with Gasteiger partial charge in [-0.1, -0.05) is 0 Å². The zero-order chi connectivity index (χ0) is 15.4. The molecule has 2 rings (SSSR count). The van der Waals surface area contributed by atoms with Crippen molar-refractivity contribution in [1.82, 2.24) is 29.5 Å². The Hall–Kier alpha value is -1.83. The van der Waals surface area contributed by atoms with Crippen LogP contribution in [0.3, 0.4) is 0 Å². The Bertz CT molecular complexity index is 628. The maximum atomic E-state index is 4.30. The summed E-state index contributed by atoms with van der Waals surface area (Å²) < 4.78 is 4.92. The van der Waals surface area contributed by atoms with Gasteiger partial charge in [-0.25, -0.2) is 4.98 Å². The van der Waals surface area contributed by atoms with Crippen molar-refractivity contribution in [2.75, 3.05) is 14.1 Å². The Kier molecular flexibility index (Phi) is 5.00. The minimum absolute atomic E-state index is 0.588. The summed E-state index contributed by atoms with van der Waals surface area (Å²) in [6.45, 7) is 1.35. The molecule has 0 amide bonds. The number of guanidine groups is 1. The third kappa shape index (κ3) is 3.84. The lowest BCUT2D eigenvalue weighted by atomic mass is 10.4. The molecule has 0 saturated heterocycles. The molecule has 2 heterocycles. The van der Waals surface area contributed by atoms with E-state index in [1.54, 1.807) is 18.1 Å². The number of hydrogen-bond acceptors (Lipinski definition) is 3. The first-order valence-corrected chi connectivity index (χ1v) is 7.36. The van der Waals surface area contributed by atoms with E-state index in [0.29, 0.717) is 6.54 Å². The lowest BCUT2D eigenvalue weighted by Crippen LogP contribution is -2.38. The third-order valence-electron chi connectivity index (χ3n) is 3.26. The van der Waals surface area contributed by atoms with Gasteiger partial charge in [0.15, 0.2) is 5.96 Å². The van der Waals surface area contributed by atoms with E-state index in [-0.39, 0.29) is 0 Å². The Morgan fingerprint density at radius 2 is 2.24 bits per heavy atom. The van der Waals surface area contributed by atoms with Crippen molar-refractivity contribution in [3.63, 3.8) is 0 Å². The van der Waals surface area contributed by atoms with Crippen LogP contribution in [0.1, 0.15) is 11.5 Å². The molecule has 114 valence electrons. The summed E-state index contributed by atoms with van der Waals surface area (Å²) in [7, 11) is 7.69. The van der Waals surface area contributed by atoms with Gasteiger partial charge in [0.25, 0.3) is 0 Å². The number of halogens is 1. The molecule has 0 spiro atoms. The van der Waals surface area contributed by atoms with E-state index in [1.165, 1.54) is 5.69 Å². The molecule has 0 fully saturated rings. The highest BCUT2D eigenvalue weighted by Gasteiger charge is 2.10. The SMILES string of the molecule is CN=C(NCc1ncnn1C)N(C)Cc1cc(Br)cn1C. The molecule has 0 radical (unpaired) electrons. The Morgan fingerprint density at radius 1 is 1.48 bits per heavy atom. The molecule has 0 atom stereocenters. The summed E-state index contributed by atoms with van der Waals surface area (Å²) in [5, 5.41) is 7.34. The average molecular weight is 354 g/mol. The van der Waals surface area contributed by atoms with Gasteiger partial charge in [-0.3, -0.25) is 9.67 Å². The Balaban J connectivity index is 1.97. The predicted molar refractivity (Wildman–Crippen MR) is 85.8 cm³/mol. The zero-order valence-corrected chi connectivity index (χ0v) is 14.3. The van der Waals surface area contributed by atoms with Crippen LogP contribution in [0.5, 0.6) is 0 Å². The van der Waals surface area contributed by atoms with Crippen LogP contribution >= 0.6 is 15.9 Å². The van der Waals surface area contributed by atoms with Crippen LogP contribution in [0, 0.1) is 0 Å². The first-order chi connectivity index (χ1) is 10.0. The molecule has 2 aromatic rings. The predicted octanol–water partition coefficient (Wildman–Crippen LogP) is 1.12. The molecule has 0 aliphatic rings. The molecule has 7 nitrogen and oxygen atoms in total. The highest BCUT2D eigenvalue weighted by Crippen LogP contribution is 2.14. The molecule has 0 bridgehead atoms. The maximum absolute atomic E-state index is 4.30. The van der Waals surface area contributed by atoms with Crippen molar-refractivity contribution < 1.29 is 0 Å². The second-order valence-electron chi connectivity index (χ2n) is 4.82. The molecule has 0 unspecified atom stereocenters. The molecule has 0 aliphatic heterocycles. The van der Waals surface area contributed by atoms with Gasteiger partial charge in [0.05, 0.1) is 13.1 Å². The fourth-order valence-corrected chi connectivity index (χ4v) is 2.64. The number of rotatable bonds is 4. The molecular weight excluding hydrogens is 334 g/mol. The van der Waals surface area contributed by atoms with Crippen molar-refractivity contribution in [1.29, 1.82) is 0 Å². The molecule has 2 aromatic heterocycles. The number of nitrogens with zero attached hydrogens (tertiary/aromatic N) is 6. The van der Waals surface area contributed by atoms with Crippen LogP contribution in [-0.4, -0.2) is 44.3 Å². The normalized spacial score (nSPS) is 11.8. The van der Waals surface area contributed by atoms with E-state index < -0.39 is 0 Å². The van der Waals surface area contributed by atoms with E-state index in [4.69, 9.17) is 0 Å². The highest BCUT2D eigenvalue weighted by molar-refractivity contribution is 9.10. The lowest BCUT2D eigenvalue weighted by Gasteiger charge is -2.22. The second kappa shape index (κ2) is 6.75. The quantitative estimate of drug-likeness (QED) is 0.660. The van der Waals surface area contributed by atoms with Gasteiger partial charge in [0.1, 0.15) is 12.2 Å². The van der Waals surface area contributed by atoms with Crippen molar-refractivity contribution in [2.24, 2.45) is 19.1 Å². The standard InChI is InChI=1S/C13H20BrN7/c1-15-13(16-6-12-17-9-18-21(12)4)20(3)8-11-5-10(14)7-19(11)2/h5,7,9H,6,8H2,1-4H3,(H,15,16). The number of nitrogens with one attached hydrogen (secondary N) is 1. The monoisotopic (exact) mass is 353 g/mol. The van der Waals surface area contributed by atoms with Gasteiger partial charge in [0.2, 0.25) is 0 Å². The van der Waals surface area contributed by atoms with Gasteiger partial charge < -0.3 is 14.8 Å². The summed E-state index contributed by atoms with van der Waals surface area (Å²) in [5.41, 5.74) is 1.20. The second-order valence-corrected chi connectivity index (χ2v) is 5.73. The number of hydrogen-bond donors (Lipinski definition) is 1. The molecule has 1 N–H and O–H groups in total. The highest BCUT2D eigenvalue weighted by atomic mass is 79.9. The van der Waals surface area contributed by atoms with Crippen molar-refractivity contribution in [3.05, 3.63) is 34.6 Å². The van der Waals surface area contributed by atoms with Crippen LogP contribution in [0.4, 0.5) is 0 Å². The van der Waals surface area contributed by atoms with Crippen LogP contribution in [0.15, 0.2) is 28.1 Å². The average Bonchev–Trinajstić information content (AvgIpc) is 2.97. The fourth-order valence-electron chi connectivity index (χ4n) is 2.06. The first-order valence-electron chi connectivity index (χ1n) is 6.56. The van der Waals surface area contributed by atoms with Crippen molar-refractivity contribution >= 4 is 21.9 Å².